The maximum Gasteiger partial charge on any atom is 0.191 e. The third-order valence-corrected chi connectivity index (χ3v) is 5.19. The smallest absolute Gasteiger partial charge is 0.191 e. The van der Waals surface area contributed by atoms with Crippen molar-refractivity contribution in [2.45, 2.75) is 50.8 Å². The predicted molar refractivity (Wildman–Crippen MR) is 119 cm³/mol. The van der Waals surface area contributed by atoms with Gasteiger partial charge in [0, 0.05) is 32.2 Å². The fourth-order valence-electron chi connectivity index (χ4n) is 3.28. The second kappa shape index (κ2) is 10.6. The summed E-state index contributed by atoms with van der Waals surface area (Å²) in [7, 11) is 1.81. The van der Waals surface area contributed by atoms with E-state index in [-0.39, 0.29) is 30.1 Å². The monoisotopic (exact) mass is 492 g/mol. The zero-order valence-corrected chi connectivity index (χ0v) is 18.7. The number of aliphatic imine (C=N–C) groups is 1. The van der Waals surface area contributed by atoms with Crippen LogP contribution in [0.1, 0.15) is 32.6 Å². The molecule has 1 aromatic rings. The number of benzene rings is 1. The molecule has 2 aliphatic rings. The maximum atomic E-state index is 6.14. The molecule has 2 fully saturated rings. The molecule has 2 N–H and O–H groups in total. The van der Waals surface area contributed by atoms with Crippen molar-refractivity contribution >= 4 is 41.5 Å². The molecule has 1 aliphatic heterocycles. The number of ether oxygens (including phenoxy) is 1. The summed E-state index contributed by atoms with van der Waals surface area (Å²) in [6.45, 7) is 5.10. The van der Waals surface area contributed by atoms with Gasteiger partial charge in [-0.3, -0.25) is 4.99 Å². The molecule has 1 aromatic carbocycles. The summed E-state index contributed by atoms with van der Waals surface area (Å²) in [6.07, 6.45) is 5.15. The Morgan fingerprint density at radius 3 is 2.58 bits per heavy atom. The number of hydrogen-bond acceptors (Lipinski definition) is 3. The highest BCUT2D eigenvalue weighted by Gasteiger charge is 2.31. The van der Waals surface area contributed by atoms with E-state index in [4.69, 9.17) is 16.3 Å². The normalized spacial score (nSPS) is 20.2. The van der Waals surface area contributed by atoms with Gasteiger partial charge < -0.3 is 20.3 Å². The first-order valence-electron chi connectivity index (χ1n) is 9.28. The SMILES string of the molecule is CN=C(NCC(C)Oc1ccccc1Cl)NC1CCN(C2CC2)CC1.I. The average Bonchev–Trinajstić information content (AvgIpc) is 3.46. The highest BCUT2D eigenvalue weighted by atomic mass is 127. The number of para-hydroxylation sites is 1. The third kappa shape index (κ3) is 6.46. The Bertz CT molecular complexity index is 589. The topological polar surface area (TPSA) is 48.9 Å². The number of halogens is 2. The van der Waals surface area contributed by atoms with Gasteiger partial charge in [0.15, 0.2) is 5.96 Å². The van der Waals surface area contributed by atoms with Crippen molar-refractivity contribution in [1.82, 2.24) is 15.5 Å². The molecule has 0 aromatic heterocycles. The van der Waals surface area contributed by atoms with E-state index in [2.05, 4.69) is 20.5 Å². The molecule has 1 saturated heterocycles. The van der Waals surface area contributed by atoms with Crippen molar-refractivity contribution in [3.05, 3.63) is 29.3 Å². The highest BCUT2D eigenvalue weighted by molar-refractivity contribution is 14.0. The van der Waals surface area contributed by atoms with Gasteiger partial charge in [0.05, 0.1) is 11.6 Å². The summed E-state index contributed by atoms with van der Waals surface area (Å²) in [4.78, 5) is 6.98. The molecule has 3 rings (SSSR count). The average molecular weight is 493 g/mol. The molecule has 1 aliphatic carbocycles. The summed E-state index contributed by atoms with van der Waals surface area (Å²) in [5, 5.41) is 7.54. The van der Waals surface area contributed by atoms with Gasteiger partial charge in [-0.15, -0.1) is 24.0 Å². The van der Waals surface area contributed by atoms with Gasteiger partial charge >= 0.3 is 0 Å². The molecule has 0 bridgehead atoms. The van der Waals surface area contributed by atoms with Crippen molar-refractivity contribution in [2.24, 2.45) is 4.99 Å². The quantitative estimate of drug-likeness (QED) is 0.362. The van der Waals surface area contributed by atoms with E-state index in [9.17, 15) is 0 Å². The number of nitrogens with one attached hydrogen (secondary N) is 2. The minimum atomic E-state index is -0.00448. The van der Waals surface area contributed by atoms with Crippen molar-refractivity contribution in [3.63, 3.8) is 0 Å². The summed E-state index contributed by atoms with van der Waals surface area (Å²) in [5.41, 5.74) is 0. The fourth-order valence-corrected chi connectivity index (χ4v) is 3.46. The number of rotatable bonds is 6. The zero-order chi connectivity index (χ0) is 17.6. The van der Waals surface area contributed by atoms with Crippen LogP contribution in [0.25, 0.3) is 0 Å². The summed E-state index contributed by atoms with van der Waals surface area (Å²) in [6, 6.07) is 8.93. The lowest BCUT2D eigenvalue weighted by molar-refractivity contribution is 0.196. The van der Waals surface area contributed by atoms with Crippen LogP contribution in [0, 0.1) is 0 Å². The Labute approximate surface area is 178 Å². The van der Waals surface area contributed by atoms with E-state index in [1.165, 1.54) is 38.8 Å². The van der Waals surface area contributed by atoms with Gasteiger partial charge in [0.2, 0.25) is 0 Å². The molecule has 7 heteroatoms. The molecule has 146 valence electrons. The zero-order valence-electron chi connectivity index (χ0n) is 15.6. The minimum Gasteiger partial charge on any atom is -0.487 e. The van der Waals surface area contributed by atoms with E-state index in [0.717, 1.165) is 12.0 Å². The van der Waals surface area contributed by atoms with Gasteiger partial charge in [-0.05, 0) is 44.7 Å². The molecule has 1 saturated carbocycles. The van der Waals surface area contributed by atoms with Crippen LogP contribution in [-0.2, 0) is 0 Å². The Hall–Kier alpha value is -0.730. The Balaban J connectivity index is 0.00000243. The van der Waals surface area contributed by atoms with Crippen molar-refractivity contribution in [3.8, 4) is 5.75 Å². The van der Waals surface area contributed by atoms with Crippen molar-refractivity contribution in [2.75, 3.05) is 26.7 Å². The fraction of sp³-hybridized carbons (Fsp3) is 0.632. The number of hydrogen-bond donors (Lipinski definition) is 2. The van der Waals surface area contributed by atoms with E-state index >= 15 is 0 Å². The Kier molecular flexibility index (Phi) is 8.76. The van der Waals surface area contributed by atoms with E-state index < -0.39 is 0 Å². The predicted octanol–water partition coefficient (Wildman–Crippen LogP) is 3.52. The van der Waals surface area contributed by atoms with Crippen LogP contribution < -0.4 is 15.4 Å². The lowest BCUT2D eigenvalue weighted by atomic mass is 10.1. The minimum absolute atomic E-state index is 0. The van der Waals surface area contributed by atoms with Crippen LogP contribution in [0.5, 0.6) is 5.75 Å². The molecular formula is C19H30ClIN4O. The second-order valence-electron chi connectivity index (χ2n) is 7.00. The lowest BCUT2D eigenvalue weighted by Crippen LogP contribution is -2.50. The first-order valence-corrected chi connectivity index (χ1v) is 9.66. The molecule has 1 heterocycles. The Morgan fingerprint density at radius 2 is 1.96 bits per heavy atom. The number of nitrogens with zero attached hydrogens (tertiary/aromatic N) is 2. The number of piperidine rings is 1. The number of likely N-dealkylation sites (tertiary alicyclic amines) is 1. The van der Waals surface area contributed by atoms with Crippen LogP contribution in [0.4, 0.5) is 0 Å². The molecule has 26 heavy (non-hydrogen) atoms. The second-order valence-corrected chi connectivity index (χ2v) is 7.40. The van der Waals surface area contributed by atoms with Crippen molar-refractivity contribution in [1.29, 1.82) is 0 Å². The third-order valence-electron chi connectivity index (χ3n) is 4.88. The number of guanidine groups is 1. The van der Waals surface area contributed by atoms with Crippen LogP contribution in [0.3, 0.4) is 0 Å². The van der Waals surface area contributed by atoms with Gasteiger partial charge in [0.25, 0.3) is 0 Å². The molecule has 0 radical (unpaired) electrons. The van der Waals surface area contributed by atoms with Gasteiger partial charge in [-0.2, -0.15) is 0 Å². The van der Waals surface area contributed by atoms with Crippen LogP contribution in [0.15, 0.2) is 29.3 Å². The van der Waals surface area contributed by atoms with E-state index in [1.54, 1.807) is 0 Å². The van der Waals surface area contributed by atoms with Gasteiger partial charge in [0.1, 0.15) is 11.9 Å². The molecule has 0 spiro atoms. The molecule has 0 amide bonds. The first-order chi connectivity index (χ1) is 12.2. The molecular weight excluding hydrogens is 463 g/mol. The molecule has 1 unspecified atom stereocenters. The van der Waals surface area contributed by atoms with Crippen LogP contribution in [0.2, 0.25) is 5.02 Å². The van der Waals surface area contributed by atoms with Crippen molar-refractivity contribution < 1.29 is 4.74 Å². The largest absolute Gasteiger partial charge is 0.487 e. The summed E-state index contributed by atoms with van der Waals surface area (Å²) >= 11 is 6.14. The standard InChI is InChI=1S/C19H29ClN4O.HI/c1-14(25-18-6-4-3-5-17(18)20)13-22-19(21-2)23-15-9-11-24(12-10-15)16-7-8-16;/h3-6,14-16H,7-13H2,1-2H3,(H2,21,22,23);1H. The van der Waals surface area contributed by atoms with Crippen LogP contribution in [-0.4, -0.2) is 55.7 Å². The Morgan fingerprint density at radius 1 is 1.27 bits per heavy atom. The lowest BCUT2D eigenvalue weighted by Gasteiger charge is -2.33. The van der Waals surface area contributed by atoms with E-state index in [1.807, 2.05) is 38.2 Å². The van der Waals surface area contributed by atoms with Gasteiger partial charge in [-0.25, -0.2) is 0 Å². The first kappa shape index (κ1) is 21.6. The van der Waals surface area contributed by atoms with Gasteiger partial charge in [-0.1, -0.05) is 23.7 Å². The summed E-state index contributed by atoms with van der Waals surface area (Å²) < 4.78 is 5.89. The molecule has 1 atom stereocenters. The maximum absolute atomic E-state index is 6.14. The van der Waals surface area contributed by atoms with Crippen LogP contribution >= 0.6 is 35.6 Å². The molecule has 5 nitrogen and oxygen atoms in total. The highest BCUT2D eigenvalue weighted by Crippen LogP contribution is 2.29. The summed E-state index contributed by atoms with van der Waals surface area (Å²) in [5.74, 6) is 1.56. The van der Waals surface area contributed by atoms with E-state index in [0.29, 0.717) is 23.4 Å².